The van der Waals surface area contributed by atoms with Crippen molar-refractivity contribution in [1.82, 2.24) is 4.90 Å². The largest absolute Gasteiger partial charge is 0.324 e. The molecule has 2 rings (SSSR count). The number of rotatable bonds is 3. The molecule has 0 aromatic heterocycles. The Kier molecular flexibility index (Phi) is 3.36. The van der Waals surface area contributed by atoms with E-state index in [1.54, 1.807) is 0 Å². The third-order valence-corrected chi connectivity index (χ3v) is 4.18. The zero-order valence-electron chi connectivity index (χ0n) is 10.3. The van der Waals surface area contributed by atoms with Crippen molar-refractivity contribution in [2.75, 3.05) is 19.6 Å². The molecular formula is C13H26N2. The topological polar surface area (TPSA) is 29.3 Å². The first-order valence-electron chi connectivity index (χ1n) is 6.59. The van der Waals surface area contributed by atoms with Crippen LogP contribution in [0.15, 0.2) is 0 Å². The van der Waals surface area contributed by atoms with E-state index in [4.69, 9.17) is 5.73 Å². The molecule has 2 nitrogen and oxygen atoms in total. The highest BCUT2D eigenvalue weighted by Crippen LogP contribution is 2.38. The van der Waals surface area contributed by atoms with Crippen LogP contribution in [0.25, 0.3) is 0 Å². The molecule has 1 aliphatic heterocycles. The van der Waals surface area contributed by atoms with Gasteiger partial charge in [0.2, 0.25) is 0 Å². The normalized spacial score (nSPS) is 33.4. The predicted octanol–water partition coefficient (Wildman–Crippen LogP) is 2.24. The first-order valence-corrected chi connectivity index (χ1v) is 6.59. The molecule has 2 atom stereocenters. The number of nitrogens with two attached hydrogens (primary N) is 1. The molecule has 2 fully saturated rings. The second-order valence-corrected chi connectivity index (χ2v) is 6.09. The van der Waals surface area contributed by atoms with Crippen LogP contribution in [-0.4, -0.2) is 30.1 Å². The summed E-state index contributed by atoms with van der Waals surface area (Å²) in [6.07, 6.45) is 6.85. The molecule has 0 aromatic rings. The van der Waals surface area contributed by atoms with Crippen LogP contribution in [0.3, 0.4) is 0 Å². The van der Waals surface area contributed by atoms with Crippen molar-refractivity contribution in [2.24, 2.45) is 17.6 Å². The van der Waals surface area contributed by atoms with Gasteiger partial charge in [0.25, 0.3) is 0 Å². The van der Waals surface area contributed by atoms with Crippen LogP contribution < -0.4 is 5.73 Å². The Balaban J connectivity index is 1.82. The molecule has 0 spiro atoms. The summed E-state index contributed by atoms with van der Waals surface area (Å²) in [5.41, 5.74) is 6.47. The van der Waals surface area contributed by atoms with E-state index in [-0.39, 0.29) is 5.54 Å². The Morgan fingerprint density at radius 2 is 1.93 bits per heavy atom. The van der Waals surface area contributed by atoms with Crippen molar-refractivity contribution in [3.8, 4) is 0 Å². The number of likely N-dealkylation sites (tertiary alicyclic amines) is 1. The highest BCUT2D eigenvalue weighted by molar-refractivity contribution is 4.97. The summed E-state index contributed by atoms with van der Waals surface area (Å²) < 4.78 is 0. The molecule has 2 aliphatic rings. The molecule has 1 saturated heterocycles. The van der Waals surface area contributed by atoms with Crippen molar-refractivity contribution in [1.29, 1.82) is 0 Å². The average Bonchev–Trinajstić information content (AvgIpc) is 2.93. The van der Waals surface area contributed by atoms with Gasteiger partial charge in [-0.2, -0.15) is 0 Å². The molecule has 0 aromatic carbocycles. The minimum absolute atomic E-state index is 0.0770. The van der Waals surface area contributed by atoms with Crippen LogP contribution in [0.4, 0.5) is 0 Å². The maximum Gasteiger partial charge on any atom is 0.0283 e. The van der Waals surface area contributed by atoms with Crippen molar-refractivity contribution in [2.45, 2.75) is 51.5 Å². The van der Waals surface area contributed by atoms with E-state index in [9.17, 15) is 0 Å². The standard InChI is InChI=1S/C13H26N2/c1-11-4-3-8-15(9-7-11)10-13(2,14)12-5-6-12/h11-12H,3-10,14H2,1-2H3. The number of hydrogen-bond donors (Lipinski definition) is 1. The summed E-state index contributed by atoms with van der Waals surface area (Å²) in [6, 6.07) is 0. The summed E-state index contributed by atoms with van der Waals surface area (Å²) in [7, 11) is 0. The first kappa shape index (κ1) is 11.4. The second kappa shape index (κ2) is 4.42. The zero-order valence-corrected chi connectivity index (χ0v) is 10.3. The maximum absolute atomic E-state index is 6.40. The molecule has 0 radical (unpaired) electrons. The first-order chi connectivity index (χ1) is 7.08. The highest BCUT2D eigenvalue weighted by Gasteiger charge is 2.39. The Morgan fingerprint density at radius 3 is 2.60 bits per heavy atom. The Labute approximate surface area is 94.2 Å². The maximum atomic E-state index is 6.40. The highest BCUT2D eigenvalue weighted by atomic mass is 15.1. The van der Waals surface area contributed by atoms with Gasteiger partial charge in [0, 0.05) is 12.1 Å². The van der Waals surface area contributed by atoms with Gasteiger partial charge in [-0.25, -0.2) is 0 Å². The SMILES string of the molecule is CC1CCCN(CC(C)(N)C2CC2)CC1. The lowest BCUT2D eigenvalue weighted by molar-refractivity contribution is 0.207. The average molecular weight is 210 g/mol. The van der Waals surface area contributed by atoms with E-state index in [1.165, 1.54) is 45.2 Å². The Morgan fingerprint density at radius 1 is 1.20 bits per heavy atom. The quantitative estimate of drug-likeness (QED) is 0.774. The zero-order chi connectivity index (χ0) is 10.9. The van der Waals surface area contributed by atoms with Crippen molar-refractivity contribution in [3.63, 3.8) is 0 Å². The van der Waals surface area contributed by atoms with Gasteiger partial charge in [-0.15, -0.1) is 0 Å². The van der Waals surface area contributed by atoms with Gasteiger partial charge in [-0.1, -0.05) is 6.92 Å². The van der Waals surface area contributed by atoms with Crippen LogP contribution in [0, 0.1) is 11.8 Å². The van der Waals surface area contributed by atoms with Crippen molar-refractivity contribution < 1.29 is 0 Å². The summed E-state index contributed by atoms with van der Waals surface area (Å²) >= 11 is 0. The smallest absolute Gasteiger partial charge is 0.0283 e. The van der Waals surface area contributed by atoms with E-state index < -0.39 is 0 Å². The summed E-state index contributed by atoms with van der Waals surface area (Å²) in [6.45, 7) is 8.28. The van der Waals surface area contributed by atoms with Crippen LogP contribution >= 0.6 is 0 Å². The van der Waals surface area contributed by atoms with Gasteiger partial charge in [0.05, 0.1) is 0 Å². The van der Waals surface area contributed by atoms with Crippen molar-refractivity contribution in [3.05, 3.63) is 0 Å². The molecule has 1 heterocycles. The van der Waals surface area contributed by atoms with Crippen LogP contribution in [0.2, 0.25) is 0 Å². The molecule has 1 aliphatic carbocycles. The minimum atomic E-state index is 0.0770. The summed E-state index contributed by atoms with van der Waals surface area (Å²) in [5.74, 6) is 1.72. The van der Waals surface area contributed by atoms with Crippen LogP contribution in [0.5, 0.6) is 0 Å². The molecule has 0 bridgehead atoms. The fraction of sp³-hybridized carbons (Fsp3) is 1.00. The fourth-order valence-corrected chi connectivity index (χ4v) is 2.83. The molecule has 2 N–H and O–H groups in total. The van der Waals surface area contributed by atoms with E-state index in [2.05, 4.69) is 18.7 Å². The number of nitrogens with zero attached hydrogens (tertiary/aromatic N) is 1. The lowest BCUT2D eigenvalue weighted by Gasteiger charge is -2.32. The summed E-state index contributed by atoms with van der Waals surface area (Å²) in [4.78, 5) is 2.60. The lowest BCUT2D eigenvalue weighted by Crippen LogP contribution is -2.49. The third kappa shape index (κ3) is 3.18. The molecule has 2 heteroatoms. The summed E-state index contributed by atoms with van der Waals surface area (Å²) in [5, 5.41) is 0. The third-order valence-electron chi connectivity index (χ3n) is 4.18. The monoisotopic (exact) mass is 210 g/mol. The van der Waals surface area contributed by atoms with Gasteiger partial charge in [-0.05, 0) is 64.0 Å². The molecule has 88 valence electrons. The lowest BCUT2D eigenvalue weighted by atomic mass is 9.96. The van der Waals surface area contributed by atoms with E-state index >= 15 is 0 Å². The van der Waals surface area contributed by atoms with Gasteiger partial charge in [-0.3, -0.25) is 0 Å². The van der Waals surface area contributed by atoms with E-state index in [0.29, 0.717) is 0 Å². The predicted molar refractivity (Wildman–Crippen MR) is 64.8 cm³/mol. The van der Waals surface area contributed by atoms with Crippen LogP contribution in [0.1, 0.15) is 46.0 Å². The van der Waals surface area contributed by atoms with Gasteiger partial charge >= 0.3 is 0 Å². The van der Waals surface area contributed by atoms with Crippen LogP contribution in [-0.2, 0) is 0 Å². The van der Waals surface area contributed by atoms with Gasteiger partial charge in [0.1, 0.15) is 0 Å². The minimum Gasteiger partial charge on any atom is -0.324 e. The van der Waals surface area contributed by atoms with Gasteiger partial charge in [0.15, 0.2) is 0 Å². The molecule has 1 saturated carbocycles. The second-order valence-electron chi connectivity index (χ2n) is 6.09. The molecular weight excluding hydrogens is 184 g/mol. The van der Waals surface area contributed by atoms with E-state index in [0.717, 1.165) is 18.4 Å². The van der Waals surface area contributed by atoms with Crippen molar-refractivity contribution >= 4 is 0 Å². The molecule has 15 heavy (non-hydrogen) atoms. The van der Waals surface area contributed by atoms with E-state index in [1.807, 2.05) is 0 Å². The van der Waals surface area contributed by atoms with Gasteiger partial charge < -0.3 is 10.6 Å². The fourth-order valence-electron chi connectivity index (χ4n) is 2.83. The molecule has 0 amide bonds. The molecule has 2 unspecified atom stereocenters. The number of hydrogen-bond acceptors (Lipinski definition) is 2. The Hall–Kier alpha value is -0.0800. The Bertz CT molecular complexity index is 209.